The number of guanidine groups is 1. The van der Waals surface area contributed by atoms with E-state index in [0.717, 1.165) is 16.9 Å². The van der Waals surface area contributed by atoms with Crippen LogP contribution >= 0.6 is 24.0 Å². The zero-order chi connectivity index (χ0) is 15.9. The maximum atomic E-state index is 13.0. The number of hydrogen-bond donors (Lipinski definition) is 2. The molecule has 0 aliphatic carbocycles. The highest BCUT2D eigenvalue weighted by molar-refractivity contribution is 14.0. The van der Waals surface area contributed by atoms with Crippen LogP contribution in [0.2, 0.25) is 0 Å². The summed E-state index contributed by atoms with van der Waals surface area (Å²) in [5.74, 6) is 0.445. The summed E-state index contributed by atoms with van der Waals surface area (Å²) < 4.78 is 14.7. The van der Waals surface area contributed by atoms with Crippen molar-refractivity contribution in [3.05, 3.63) is 60.2 Å². The zero-order valence-electron chi connectivity index (χ0n) is 13.2. The first-order valence-electron chi connectivity index (χ1n) is 7.00. The fraction of sp³-hybridized carbons (Fsp3) is 0.250. The summed E-state index contributed by atoms with van der Waals surface area (Å²) in [6.07, 6.45) is 3.70. The summed E-state index contributed by atoms with van der Waals surface area (Å²) in [6, 6.07) is 6.24. The standard InChI is InChI=1S/C16H20FN5.HI/c1-4-9-19-16(18-3)20-10-13-11-22(21-12(13)2)15-7-5-14(17)6-8-15;/h4-8,11H,1,9-10H2,2-3H3,(H2,18,19,20);1H. The number of nitrogens with zero attached hydrogens (tertiary/aromatic N) is 3. The van der Waals surface area contributed by atoms with Crippen LogP contribution in [-0.2, 0) is 6.54 Å². The monoisotopic (exact) mass is 429 g/mol. The largest absolute Gasteiger partial charge is 0.353 e. The lowest BCUT2D eigenvalue weighted by Gasteiger charge is -2.09. The first kappa shape index (κ1) is 19.1. The van der Waals surface area contributed by atoms with Crippen molar-refractivity contribution in [2.75, 3.05) is 13.6 Å². The number of hydrogen-bond acceptors (Lipinski definition) is 2. The van der Waals surface area contributed by atoms with E-state index in [1.54, 1.807) is 29.9 Å². The lowest BCUT2D eigenvalue weighted by Crippen LogP contribution is -2.36. The molecule has 0 spiro atoms. The van der Waals surface area contributed by atoms with Crippen molar-refractivity contribution in [1.29, 1.82) is 0 Å². The van der Waals surface area contributed by atoms with Crippen LogP contribution < -0.4 is 10.6 Å². The van der Waals surface area contributed by atoms with E-state index in [0.29, 0.717) is 19.0 Å². The van der Waals surface area contributed by atoms with Crippen molar-refractivity contribution in [2.24, 2.45) is 4.99 Å². The van der Waals surface area contributed by atoms with Gasteiger partial charge in [0.25, 0.3) is 0 Å². The number of aliphatic imine (C=N–C) groups is 1. The van der Waals surface area contributed by atoms with Crippen LogP contribution in [0.1, 0.15) is 11.3 Å². The van der Waals surface area contributed by atoms with Crippen molar-refractivity contribution in [3.63, 3.8) is 0 Å². The molecule has 0 aliphatic heterocycles. The second-order valence-corrected chi connectivity index (χ2v) is 4.76. The molecule has 0 unspecified atom stereocenters. The lowest BCUT2D eigenvalue weighted by atomic mass is 10.2. The molecule has 0 radical (unpaired) electrons. The Morgan fingerprint density at radius 1 is 1.35 bits per heavy atom. The molecule has 124 valence electrons. The average Bonchev–Trinajstić information content (AvgIpc) is 2.89. The van der Waals surface area contributed by atoms with Crippen LogP contribution in [0, 0.1) is 12.7 Å². The molecule has 2 N–H and O–H groups in total. The van der Waals surface area contributed by atoms with E-state index in [4.69, 9.17) is 0 Å². The highest BCUT2D eigenvalue weighted by Crippen LogP contribution is 2.12. The van der Waals surface area contributed by atoms with Gasteiger partial charge in [-0.1, -0.05) is 6.08 Å². The molecule has 23 heavy (non-hydrogen) atoms. The third-order valence-electron chi connectivity index (χ3n) is 3.18. The van der Waals surface area contributed by atoms with Crippen LogP contribution in [0.4, 0.5) is 4.39 Å². The summed E-state index contributed by atoms with van der Waals surface area (Å²) in [7, 11) is 1.72. The number of benzene rings is 1. The second kappa shape index (κ2) is 9.29. The van der Waals surface area contributed by atoms with Crippen molar-refractivity contribution >= 4 is 29.9 Å². The minimum absolute atomic E-state index is 0. The fourth-order valence-corrected chi connectivity index (χ4v) is 1.96. The summed E-state index contributed by atoms with van der Waals surface area (Å²) in [5.41, 5.74) is 2.78. The van der Waals surface area contributed by atoms with Crippen molar-refractivity contribution in [1.82, 2.24) is 20.4 Å². The predicted octanol–water partition coefficient (Wildman–Crippen LogP) is 2.79. The van der Waals surface area contributed by atoms with Crippen LogP contribution in [0.25, 0.3) is 5.69 Å². The summed E-state index contributed by atoms with van der Waals surface area (Å²) in [5, 5.41) is 10.8. The molecule has 5 nitrogen and oxygen atoms in total. The Morgan fingerprint density at radius 3 is 2.65 bits per heavy atom. The van der Waals surface area contributed by atoms with Crippen LogP contribution in [-0.4, -0.2) is 29.3 Å². The van der Waals surface area contributed by atoms with E-state index in [-0.39, 0.29) is 29.8 Å². The minimum atomic E-state index is -0.258. The van der Waals surface area contributed by atoms with E-state index in [9.17, 15) is 4.39 Å². The molecule has 2 rings (SSSR count). The van der Waals surface area contributed by atoms with Gasteiger partial charge < -0.3 is 10.6 Å². The Morgan fingerprint density at radius 2 is 2.04 bits per heavy atom. The molecule has 0 atom stereocenters. The summed E-state index contributed by atoms with van der Waals surface area (Å²) in [6.45, 7) is 6.85. The highest BCUT2D eigenvalue weighted by atomic mass is 127. The molecule has 1 aromatic heterocycles. The molecule has 0 saturated carbocycles. The molecule has 2 aromatic rings. The third-order valence-corrected chi connectivity index (χ3v) is 3.18. The van der Waals surface area contributed by atoms with Gasteiger partial charge in [0, 0.05) is 31.9 Å². The van der Waals surface area contributed by atoms with E-state index < -0.39 is 0 Å². The lowest BCUT2D eigenvalue weighted by molar-refractivity contribution is 0.627. The number of halogens is 2. The number of aryl methyl sites for hydroxylation is 1. The van der Waals surface area contributed by atoms with Gasteiger partial charge in [0.05, 0.1) is 11.4 Å². The Labute approximate surface area is 152 Å². The van der Waals surface area contributed by atoms with Gasteiger partial charge >= 0.3 is 0 Å². The third kappa shape index (κ3) is 5.34. The van der Waals surface area contributed by atoms with Gasteiger partial charge in [-0.15, -0.1) is 30.6 Å². The van der Waals surface area contributed by atoms with Gasteiger partial charge in [-0.25, -0.2) is 9.07 Å². The minimum Gasteiger partial charge on any atom is -0.353 e. The number of aromatic nitrogens is 2. The van der Waals surface area contributed by atoms with E-state index in [1.165, 1.54) is 12.1 Å². The van der Waals surface area contributed by atoms with Gasteiger partial charge in [0.1, 0.15) is 5.82 Å². The Kier molecular flexibility index (Phi) is 7.73. The highest BCUT2D eigenvalue weighted by Gasteiger charge is 2.07. The summed E-state index contributed by atoms with van der Waals surface area (Å²) in [4.78, 5) is 4.12. The zero-order valence-corrected chi connectivity index (χ0v) is 15.5. The maximum Gasteiger partial charge on any atom is 0.191 e. The molecular formula is C16H21FIN5. The topological polar surface area (TPSA) is 54.2 Å². The molecule has 0 bridgehead atoms. The van der Waals surface area contributed by atoms with Crippen LogP contribution in [0.15, 0.2) is 48.1 Å². The number of nitrogens with one attached hydrogen (secondary N) is 2. The first-order valence-corrected chi connectivity index (χ1v) is 7.00. The molecule has 1 aromatic carbocycles. The van der Waals surface area contributed by atoms with Crippen molar-refractivity contribution < 1.29 is 4.39 Å². The fourth-order valence-electron chi connectivity index (χ4n) is 1.96. The smallest absolute Gasteiger partial charge is 0.191 e. The van der Waals surface area contributed by atoms with E-state index >= 15 is 0 Å². The van der Waals surface area contributed by atoms with Crippen LogP contribution in [0.3, 0.4) is 0 Å². The van der Waals surface area contributed by atoms with Gasteiger partial charge in [-0.3, -0.25) is 4.99 Å². The first-order chi connectivity index (χ1) is 10.6. The van der Waals surface area contributed by atoms with Crippen LogP contribution in [0.5, 0.6) is 0 Å². The van der Waals surface area contributed by atoms with E-state index in [2.05, 4.69) is 27.3 Å². The molecule has 1 heterocycles. The Hall–Kier alpha value is -1.90. The molecule has 7 heteroatoms. The van der Waals surface area contributed by atoms with Gasteiger partial charge in [-0.05, 0) is 31.2 Å². The Balaban J connectivity index is 0.00000264. The maximum absolute atomic E-state index is 13.0. The predicted molar refractivity (Wildman–Crippen MR) is 102 cm³/mol. The van der Waals surface area contributed by atoms with E-state index in [1.807, 2.05) is 13.1 Å². The second-order valence-electron chi connectivity index (χ2n) is 4.76. The van der Waals surface area contributed by atoms with Crippen molar-refractivity contribution in [3.8, 4) is 5.69 Å². The molecule has 0 aliphatic rings. The summed E-state index contributed by atoms with van der Waals surface area (Å²) >= 11 is 0. The Bertz CT molecular complexity index is 664. The van der Waals surface area contributed by atoms with Gasteiger partial charge in [0.2, 0.25) is 0 Å². The molecular weight excluding hydrogens is 408 g/mol. The van der Waals surface area contributed by atoms with Crippen molar-refractivity contribution in [2.45, 2.75) is 13.5 Å². The molecule has 0 saturated heterocycles. The van der Waals surface area contributed by atoms with Gasteiger partial charge in [0.15, 0.2) is 5.96 Å². The normalized spacial score (nSPS) is 10.8. The molecule has 0 fully saturated rings. The SMILES string of the molecule is C=CCNC(=NC)NCc1cn(-c2ccc(F)cc2)nc1C.I. The molecule has 0 amide bonds. The average molecular weight is 429 g/mol. The number of rotatable bonds is 5. The quantitative estimate of drug-likeness (QED) is 0.333. The van der Waals surface area contributed by atoms with Gasteiger partial charge in [-0.2, -0.15) is 5.10 Å².